The number of benzene rings is 2. The fraction of sp³-hybridized carbons (Fsp3) is 0. The van der Waals surface area contributed by atoms with E-state index in [2.05, 4.69) is 10.3 Å². The van der Waals surface area contributed by atoms with Crippen LogP contribution in [0.4, 0.5) is 0 Å². The average Bonchev–Trinajstić information content (AvgIpc) is 2.48. The van der Waals surface area contributed by atoms with Crippen molar-refractivity contribution < 1.29 is 37.4 Å². The standard InChI is InChI=1S/2C7H6ClNO2.Co/c2*8-6-1-2-7(10)5(3-6)4-9-11;/h2*1-4,10-11H;/q;;+2/p-2/b2*9-4+;. The minimum Gasteiger partial charge on any atom is -0.872 e. The first-order valence-corrected chi connectivity index (χ1v) is 6.51. The van der Waals surface area contributed by atoms with Gasteiger partial charge in [-0.15, -0.1) is 0 Å². The average molecular weight is 400 g/mol. The van der Waals surface area contributed by atoms with Gasteiger partial charge in [0.25, 0.3) is 0 Å². The summed E-state index contributed by atoms with van der Waals surface area (Å²) >= 11 is 11.1. The zero-order chi connectivity index (χ0) is 16.5. The summed E-state index contributed by atoms with van der Waals surface area (Å²) in [5, 5.41) is 44.4. The van der Waals surface area contributed by atoms with Crippen LogP contribution in [0, 0.1) is 0 Å². The van der Waals surface area contributed by atoms with Crippen molar-refractivity contribution in [3.05, 3.63) is 57.6 Å². The van der Waals surface area contributed by atoms with Crippen LogP contribution in [0.1, 0.15) is 11.1 Å². The van der Waals surface area contributed by atoms with Crippen molar-refractivity contribution in [1.82, 2.24) is 0 Å². The van der Waals surface area contributed by atoms with Gasteiger partial charge < -0.3 is 20.6 Å². The zero-order valence-electron chi connectivity index (χ0n) is 11.3. The molecule has 0 bridgehead atoms. The van der Waals surface area contributed by atoms with Gasteiger partial charge in [0, 0.05) is 10.0 Å². The molecule has 0 heterocycles. The Morgan fingerprint density at radius 2 is 1.13 bits per heavy atom. The van der Waals surface area contributed by atoms with Gasteiger partial charge in [0.05, 0.1) is 12.4 Å². The van der Waals surface area contributed by atoms with Crippen LogP contribution >= 0.6 is 23.2 Å². The predicted octanol–water partition coefficient (Wildman–Crippen LogP) is 2.44. The Kier molecular flexibility index (Phi) is 9.83. The Hall–Kier alpha value is -1.93. The summed E-state index contributed by atoms with van der Waals surface area (Å²) in [6, 6.07) is 8.48. The molecule has 0 fully saturated rings. The van der Waals surface area contributed by atoms with Crippen LogP contribution in [0.15, 0.2) is 46.7 Å². The summed E-state index contributed by atoms with van der Waals surface area (Å²) in [5.74, 6) is -0.431. The normalized spacial score (nSPS) is 10.2. The van der Waals surface area contributed by atoms with Crippen LogP contribution in [0.25, 0.3) is 0 Å². The largest absolute Gasteiger partial charge is 2.00 e. The van der Waals surface area contributed by atoms with Crippen molar-refractivity contribution in [2.75, 3.05) is 0 Å². The third-order valence-corrected chi connectivity index (χ3v) is 2.81. The van der Waals surface area contributed by atoms with Gasteiger partial charge in [-0.25, -0.2) is 0 Å². The van der Waals surface area contributed by atoms with E-state index in [-0.39, 0.29) is 39.4 Å². The zero-order valence-corrected chi connectivity index (χ0v) is 13.9. The van der Waals surface area contributed by atoms with Gasteiger partial charge in [-0.2, -0.15) is 0 Å². The van der Waals surface area contributed by atoms with Gasteiger partial charge in [-0.1, -0.05) is 57.1 Å². The minimum atomic E-state index is -0.216. The number of nitrogens with zero attached hydrogens (tertiary/aromatic N) is 2. The Morgan fingerprint density at radius 3 is 1.43 bits per heavy atom. The maximum absolute atomic E-state index is 10.9. The first-order chi connectivity index (χ1) is 10.5. The first-order valence-electron chi connectivity index (χ1n) is 5.76. The molecule has 1 radical (unpaired) electrons. The molecule has 0 spiro atoms. The molecule has 123 valence electrons. The Morgan fingerprint density at radius 1 is 0.783 bits per heavy atom. The predicted molar refractivity (Wildman–Crippen MR) is 80.6 cm³/mol. The van der Waals surface area contributed by atoms with E-state index in [1.165, 1.54) is 36.4 Å². The molecular weight excluding hydrogens is 390 g/mol. The third kappa shape index (κ3) is 7.25. The maximum Gasteiger partial charge on any atom is 2.00 e. The van der Waals surface area contributed by atoms with E-state index >= 15 is 0 Å². The van der Waals surface area contributed by atoms with Crippen LogP contribution in [0.5, 0.6) is 11.5 Å². The first kappa shape index (κ1) is 21.1. The quantitative estimate of drug-likeness (QED) is 0.458. The van der Waals surface area contributed by atoms with Gasteiger partial charge >= 0.3 is 16.8 Å². The second-order valence-electron chi connectivity index (χ2n) is 3.85. The van der Waals surface area contributed by atoms with Crippen molar-refractivity contribution in [2.24, 2.45) is 10.3 Å². The third-order valence-electron chi connectivity index (χ3n) is 2.34. The van der Waals surface area contributed by atoms with Gasteiger partial charge in [-0.3, -0.25) is 0 Å². The minimum absolute atomic E-state index is 0. The number of rotatable bonds is 2. The summed E-state index contributed by atoms with van der Waals surface area (Å²) in [6.45, 7) is 0. The topological polar surface area (TPSA) is 111 Å². The molecule has 2 aromatic rings. The van der Waals surface area contributed by atoms with Gasteiger partial charge in [0.2, 0.25) is 0 Å². The van der Waals surface area contributed by atoms with E-state index in [1.54, 1.807) is 0 Å². The Bertz CT molecular complexity index is 637. The number of hydrogen-bond donors (Lipinski definition) is 2. The van der Waals surface area contributed by atoms with E-state index in [0.29, 0.717) is 10.0 Å². The summed E-state index contributed by atoms with van der Waals surface area (Å²) in [7, 11) is 0. The molecule has 0 aliphatic rings. The molecule has 0 amide bonds. The van der Waals surface area contributed by atoms with E-state index in [1.807, 2.05) is 0 Å². The monoisotopic (exact) mass is 399 g/mol. The van der Waals surface area contributed by atoms with Crippen molar-refractivity contribution in [3.8, 4) is 11.5 Å². The summed E-state index contributed by atoms with van der Waals surface area (Å²) in [6.07, 6.45) is 2.10. The number of oxime groups is 2. The molecule has 9 heteroatoms. The van der Waals surface area contributed by atoms with Gasteiger partial charge in [0.15, 0.2) is 0 Å². The maximum atomic E-state index is 10.9. The summed E-state index contributed by atoms with van der Waals surface area (Å²) in [5.41, 5.74) is 0.556. The molecule has 0 aliphatic carbocycles. The van der Waals surface area contributed by atoms with E-state index < -0.39 is 0 Å². The Balaban J connectivity index is 0.000000403. The van der Waals surface area contributed by atoms with Crippen LogP contribution in [-0.4, -0.2) is 22.8 Å². The molecule has 0 saturated heterocycles. The van der Waals surface area contributed by atoms with Crippen LogP contribution in [-0.2, 0) is 16.8 Å². The van der Waals surface area contributed by atoms with Crippen molar-refractivity contribution in [1.29, 1.82) is 0 Å². The molecule has 0 atom stereocenters. The molecule has 0 unspecified atom stereocenters. The molecular formula is C14H10Cl2CoN2O4. The van der Waals surface area contributed by atoms with Crippen LogP contribution in [0.3, 0.4) is 0 Å². The van der Waals surface area contributed by atoms with Crippen LogP contribution in [0.2, 0.25) is 10.0 Å². The van der Waals surface area contributed by atoms with Gasteiger partial charge in [-0.05, 0) is 35.4 Å². The fourth-order valence-electron chi connectivity index (χ4n) is 1.36. The number of hydrogen-bond acceptors (Lipinski definition) is 6. The van der Waals surface area contributed by atoms with Crippen molar-refractivity contribution in [3.63, 3.8) is 0 Å². The van der Waals surface area contributed by atoms with Crippen LogP contribution < -0.4 is 10.2 Å². The molecule has 0 saturated carbocycles. The fourth-order valence-corrected chi connectivity index (χ4v) is 1.73. The second-order valence-corrected chi connectivity index (χ2v) is 4.73. The van der Waals surface area contributed by atoms with Gasteiger partial charge in [0.1, 0.15) is 0 Å². The van der Waals surface area contributed by atoms with Crippen molar-refractivity contribution >= 4 is 35.6 Å². The van der Waals surface area contributed by atoms with E-state index in [0.717, 1.165) is 12.4 Å². The molecule has 23 heavy (non-hydrogen) atoms. The molecule has 6 nitrogen and oxygen atoms in total. The summed E-state index contributed by atoms with van der Waals surface area (Å²) < 4.78 is 0. The summed E-state index contributed by atoms with van der Waals surface area (Å²) in [4.78, 5) is 0. The molecule has 2 N–H and O–H groups in total. The molecule has 0 aromatic heterocycles. The van der Waals surface area contributed by atoms with E-state index in [9.17, 15) is 10.2 Å². The molecule has 0 aliphatic heterocycles. The number of halogens is 2. The SMILES string of the molecule is [Co+2].[O-]c1ccc(Cl)cc1/C=N/O.[O-]c1ccc(Cl)cc1/C=N/O. The molecule has 2 rings (SSSR count). The van der Waals surface area contributed by atoms with E-state index in [4.69, 9.17) is 33.6 Å². The van der Waals surface area contributed by atoms with Crippen molar-refractivity contribution in [2.45, 2.75) is 0 Å². The second kappa shape index (κ2) is 10.7. The smallest absolute Gasteiger partial charge is 0.872 e. The molecule has 2 aromatic carbocycles. The Labute approximate surface area is 152 Å².